The van der Waals surface area contributed by atoms with Crippen LogP contribution in [0.3, 0.4) is 0 Å². The number of rotatable bonds is 12. The minimum Gasteiger partial charge on any atom is -0.497 e. The van der Waals surface area contributed by atoms with Crippen LogP contribution in [0.25, 0.3) is 10.9 Å². The Bertz CT molecular complexity index is 1680. The molecule has 4 aromatic rings. The van der Waals surface area contributed by atoms with E-state index in [-0.39, 0.29) is 24.9 Å². The van der Waals surface area contributed by atoms with Gasteiger partial charge in [0.05, 0.1) is 26.3 Å². The number of nitrogens with one attached hydrogen (secondary N) is 2. The molecule has 0 aliphatic heterocycles. The Kier molecular flexibility index (Phi) is 9.51. The average Bonchev–Trinajstić information content (AvgIpc) is 3.51. The molecule has 2 heterocycles. The molecule has 43 heavy (non-hydrogen) atoms. The lowest BCUT2D eigenvalue weighted by Crippen LogP contribution is -2.33. The number of aromatic amines is 1. The van der Waals surface area contributed by atoms with E-state index in [1.807, 2.05) is 71.5 Å². The van der Waals surface area contributed by atoms with Crippen LogP contribution < -0.4 is 10.1 Å². The van der Waals surface area contributed by atoms with Crippen molar-refractivity contribution in [1.82, 2.24) is 25.1 Å². The largest absolute Gasteiger partial charge is 0.497 e. The molecule has 2 aromatic carbocycles. The van der Waals surface area contributed by atoms with Gasteiger partial charge in [-0.05, 0) is 55.2 Å². The summed E-state index contributed by atoms with van der Waals surface area (Å²) in [5, 5.41) is 13.3. The quantitative estimate of drug-likeness (QED) is 0.213. The van der Waals surface area contributed by atoms with Crippen LogP contribution in [0.15, 0.2) is 90.2 Å². The minimum atomic E-state index is -0.537. The van der Waals surface area contributed by atoms with Crippen LogP contribution in [0.2, 0.25) is 0 Å². The maximum absolute atomic E-state index is 13.7. The molecule has 9 nitrogen and oxygen atoms in total. The van der Waals surface area contributed by atoms with Crippen LogP contribution in [0, 0.1) is 0 Å². The highest BCUT2D eigenvalue weighted by Gasteiger charge is 2.27. The summed E-state index contributed by atoms with van der Waals surface area (Å²) in [6.45, 7) is 4.55. The first-order valence-electron chi connectivity index (χ1n) is 14.6. The van der Waals surface area contributed by atoms with Gasteiger partial charge in [0.25, 0.3) is 5.91 Å². The fourth-order valence-electron chi connectivity index (χ4n) is 5.23. The van der Waals surface area contributed by atoms with Crippen LogP contribution >= 0.6 is 0 Å². The van der Waals surface area contributed by atoms with Crippen molar-refractivity contribution in [3.05, 3.63) is 113 Å². The van der Waals surface area contributed by atoms with E-state index in [0.29, 0.717) is 30.2 Å². The van der Waals surface area contributed by atoms with Gasteiger partial charge in [0.2, 0.25) is 0 Å². The number of H-pyrrole nitrogens is 1. The van der Waals surface area contributed by atoms with Gasteiger partial charge in [-0.15, -0.1) is 10.2 Å². The van der Waals surface area contributed by atoms with E-state index in [4.69, 9.17) is 9.47 Å². The summed E-state index contributed by atoms with van der Waals surface area (Å²) in [6.07, 6.45) is 11.8. The molecule has 5 rings (SSSR count). The molecule has 2 aromatic heterocycles. The van der Waals surface area contributed by atoms with E-state index in [9.17, 15) is 9.59 Å². The maximum atomic E-state index is 13.7. The van der Waals surface area contributed by atoms with Crippen LogP contribution in [-0.4, -0.2) is 45.3 Å². The zero-order chi connectivity index (χ0) is 30.2. The first-order valence-corrected chi connectivity index (χ1v) is 14.6. The summed E-state index contributed by atoms with van der Waals surface area (Å²) in [4.78, 5) is 29.6. The van der Waals surface area contributed by atoms with Gasteiger partial charge in [0, 0.05) is 29.1 Å². The monoisotopic (exact) mass is 579 g/mol. The molecule has 1 atom stereocenters. The summed E-state index contributed by atoms with van der Waals surface area (Å²) < 4.78 is 12.5. The van der Waals surface area contributed by atoms with Gasteiger partial charge in [-0.1, -0.05) is 61.1 Å². The number of carbonyl (C=O) groups is 2. The molecule has 0 spiro atoms. The predicted octanol–water partition coefficient (Wildman–Crippen LogP) is 5.54. The van der Waals surface area contributed by atoms with Gasteiger partial charge in [-0.2, -0.15) is 0 Å². The molecule has 0 radical (unpaired) electrons. The average molecular weight is 580 g/mol. The molecule has 0 saturated heterocycles. The number of methoxy groups -OCH3 is 1. The molecule has 222 valence electrons. The number of aromatic nitrogens is 4. The zero-order valence-corrected chi connectivity index (χ0v) is 24.8. The van der Waals surface area contributed by atoms with E-state index < -0.39 is 6.04 Å². The number of nitrogens with zero attached hydrogens (tertiary/aromatic N) is 3. The second-order valence-corrected chi connectivity index (χ2v) is 10.4. The van der Waals surface area contributed by atoms with Crippen LogP contribution in [0.4, 0.5) is 0 Å². The van der Waals surface area contributed by atoms with Crippen LogP contribution in [0.5, 0.6) is 5.75 Å². The Morgan fingerprint density at radius 3 is 2.67 bits per heavy atom. The Labute approximate surface area is 251 Å². The minimum absolute atomic E-state index is 0.0376. The second kappa shape index (κ2) is 13.8. The summed E-state index contributed by atoms with van der Waals surface area (Å²) >= 11 is 0. The lowest BCUT2D eigenvalue weighted by atomic mass is 10.0. The molecule has 1 aliphatic rings. The number of para-hydroxylation sites is 1. The van der Waals surface area contributed by atoms with E-state index in [2.05, 4.69) is 39.6 Å². The number of amides is 1. The summed E-state index contributed by atoms with van der Waals surface area (Å²) in [5.41, 5.74) is 4.87. The van der Waals surface area contributed by atoms with Gasteiger partial charge in [-0.3, -0.25) is 9.59 Å². The van der Waals surface area contributed by atoms with E-state index in [0.717, 1.165) is 40.6 Å². The Morgan fingerprint density at radius 1 is 1.09 bits per heavy atom. The Balaban J connectivity index is 1.53. The number of benzene rings is 2. The highest BCUT2D eigenvalue weighted by atomic mass is 16.5. The standard InChI is InChI=1S/C34H37N5O4/c1-4-23-9-8-10-25(16-13-23)34(41)36-30(19-26-21-35-29-12-7-6-11-28(26)29)33-38-37-31(20-32(40)43-5-2)39(33)22-24-14-17-27(42-3)18-15-24/h6-12,14-18,21,30,35H,4-5,13,19-20,22H2,1-3H3,(H,36,41). The van der Waals surface area contributed by atoms with Crippen molar-refractivity contribution in [2.45, 2.75) is 52.1 Å². The summed E-state index contributed by atoms with van der Waals surface area (Å²) in [7, 11) is 1.63. The molecule has 0 fully saturated rings. The number of fused-ring (bicyclic) bond motifs is 1. The van der Waals surface area contributed by atoms with Gasteiger partial charge in [0.15, 0.2) is 5.82 Å². The topological polar surface area (TPSA) is 111 Å². The molecule has 1 amide bonds. The first-order chi connectivity index (χ1) is 21.0. The third-order valence-electron chi connectivity index (χ3n) is 7.59. The van der Waals surface area contributed by atoms with Crippen LogP contribution in [-0.2, 0) is 33.7 Å². The highest BCUT2D eigenvalue weighted by Crippen LogP contribution is 2.26. The predicted molar refractivity (Wildman–Crippen MR) is 166 cm³/mol. The van der Waals surface area contributed by atoms with Crippen molar-refractivity contribution in [2.75, 3.05) is 13.7 Å². The van der Waals surface area contributed by atoms with Crippen molar-refractivity contribution in [3.63, 3.8) is 0 Å². The summed E-state index contributed by atoms with van der Waals surface area (Å²) in [6, 6.07) is 15.2. The summed E-state index contributed by atoms with van der Waals surface area (Å²) in [5.74, 6) is 1.18. The van der Waals surface area contributed by atoms with Gasteiger partial charge >= 0.3 is 5.97 Å². The molecule has 2 N–H and O–H groups in total. The molecule has 0 saturated carbocycles. The highest BCUT2D eigenvalue weighted by molar-refractivity contribution is 5.96. The van der Waals surface area contributed by atoms with E-state index >= 15 is 0 Å². The third kappa shape index (κ3) is 7.12. The number of ether oxygens (including phenoxy) is 2. The lowest BCUT2D eigenvalue weighted by molar-refractivity contribution is -0.142. The number of hydrogen-bond donors (Lipinski definition) is 2. The van der Waals surface area contributed by atoms with Crippen molar-refractivity contribution >= 4 is 22.8 Å². The van der Waals surface area contributed by atoms with E-state index in [1.165, 1.54) is 5.57 Å². The van der Waals surface area contributed by atoms with Gasteiger partial charge in [-0.25, -0.2) is 0 Å². The fourth-order valence-corrected chi connectivity index (χ4v) is 5.23. The lowest BCUT2D eigenvalue weighted by Gasteiger charge is -2.20. The number of esters is 1. The maximum Gasteiger partial charge on any atom is 0.313 e. The Hall–Kier alpha value is -4.92. The number of carbonyl (C=O) groups excluding carboxylic acids is 2. The first kappa shape index (κ1) is 29.6. The van der Waals surface area contributed by atoms with Crippen molar-refractivity contribution in [3.8, 4) is 5.75 Å². The van der Waals surface area contributed by atoms with Gasteiger partial charge < -0.3 is 24.3 Å². The van der Waals surface area contributed by atoms with Crippen molar-refractivity contribution in [1.29, 1.82) is 0 Å². The molecule has 0 bridgehead atoms. The van der Waals surface area contributed by atoms with Crippen molar-refractivity contribution in [2.24, 2.45) is 0 Å². The van der Waals surface area contributed by atoms with E-state index in [1.54, 1.807) is 14.0 Å². The molecular formula is C34H37N5O4. The molecule has 9 heteroatoms. The van der Waals surface area contributed by atoms with Crippen LogP contribution in [0.1, 0.15) is 55.5 Å². The molecular weight excluding hydrogens is 542 g/mol. The normalized spacial score (nSPS) is 13.7. The molecule has 1 aliphatic carbocycles. The Morgan fingerprint density at radius 2 is 1.91 bits per heavy atom. The van der Waals surface area contributed by atoms with Gasteiger partial charge in [0.1, 0.15) is 18.0 Å². The molecule has 1 unspecified atom stereocenters. The SMILES string of the molecule is CCOC(=O)Cc1nnc(C(Cc2c[nH]c3ccccc23)NC(=O)C2=CCC(CC)=CC=C2)n1Cc1ccc(OC)cc1. The second-order valence-electron chi connectivity index (χ2n) is 10.4. The zero-order valence-electron chi connectivity index (χ0n) is 24.8. The number of hydrogen-bond acceptors (Lipinski definition) is 6. The number of allylic oxidation sites excluding steroid dienone is 4. The fraction of sp³-hybridized carbons (Fsp3) is 0.294. The third-order valence-corrected chi connectivity index (χ3v) is 7.59. The smallest absolute Gasteiger partial charge is 0.313 e. The van der Waals surface area contributed by atoms with Crippen molar-refractivity contribution < 1.29 is 19.1 Å².